The third-order valence-corrected chi connectivity index (χ3v) is 5.01. The number of alkyl halides is 3. The molecule has 0 aromatic heterocycles. The molecule has 25 heavy (non-hydrogen) atoms. The lowest BCUT2D eigenvalue weighted by atomic mass is 10.0. The van der Waals surface area contributed by atoms with Crippen LogP contribution in [0, 0.1) is 0 Å². The summed E-state index contributed by atoms with van der Waals surface area (Å²) in [5.74, 6) is 0.112. The molecule has 0 N–H and O–H groups in total. The van der Waals surface area contributed by atoms with Gasteiger partial charge in [-0.3, -0.25) is 0 Å². The van der Waals surface area contributed by atoms with Crippen LogP contribution in [0.25, 0.3) is 0 Å². The zero-order chi connectivity index (χ0) is 18.5. The number of para-hydroxylation sites is 1. The number of benzene rings is 2. The fourth-order valence-corrected chi connectivity index (χ4v) is 3.89. The molecule has 0 radical (unpaired) electrons. The lowest BCUT2D eigenvalue weighted by Gasteiger charge is -2.18. The molecule has 0 aliphatic carbocycles. The molecule has 3 rings (SSSR count). The minimum atomic E-state index is -4.82. The zero-order valence-corrected chi connectivity index (χ0v) is 14.2. The van der Waals surface area contributed by atoms with E-state index in [0.29, 0.717) is 12.5 Å². The highest BCUT2D eigenvalue weighted by Gasteiger charge is 2.39. The second-order valence-electron chi connectivity index (χ2n) is 6.31. The van der Waals surface area contributed by atoms with Crippen molar-refractivity contribution >= 4 is 10.1 Å². The lowest BCUT2D eigenvalue weighted by molar-refractivity contribution is -0.139. The minimum Gasteiger partial charge on any atom is -0.483 e. The molecule has 0 atom stereocenters. The van der Waals surface area contributed by atoms with Crippen molar-refractivity contribution in [2.45, 2.75) is 36.9 Å². The lowest BCUT2D eigenvalue weighted by Crippen LogP contribution is -2.25. The van der Waals surface area contributed by atoms with Gasteiger partial charge in [0.05, 0.1) is 5.56 Å². The quantitative estimate of drug-likeness (QED) is 0.759. The highest BCUT2D eigenvalue weighted by molar-refractivity contribution is 7.87. The maximum atomic E-state index is 13.1. The van der Waals surface area contributed by atoms with Crippen LogP contribution in [0.2, 0.25) is 0 Å². The van der Waals surface area contributed by atoms with Gasteiger partial charge in [-0.25, -0.2) is 0 Å². The average Bonchev–Trinajstić information content (AvgIpc) is 2.81. The Morgan fingerprint density at radius 1 is 1.08 bits per heavy atom. The van der Waals surface area contributed by atoms with E-state index in [0.717, 1.165) is 17.7 Å². The zero-order valence-electron chi connectivity index (χ0n) is 13.4. The Morgan fingerprint density at radius 3 is 2.44 bits per heavy atom. The molecule has 134 valence electrons. The van der Waals surface area contributed by atoms with Gasteiger partial charge in [0, 0.05) is 12.0 Å². The number of hydrogen-bond acceptors (Lipinski definition) is 4. The molecule has 0 amide bonds. The first kappa shape index (κ1) is 17.6. The van der Waals surface area contributed by atoms with Gasteiger partial charge in [0.15, 0.2) is 11.5 Å². The van der Waals surface area contributed by atoms with Crippen molar-refractivity contribution in [3.05, 3.63) is 53.6 Å². The Bertz CT molecular complexity index is 918. The predicted molar refractivity (Wildman–Crippen MR) is 84.1 cm³/mol. The molecular formula is C17H15F3O4S. The number of hydrogen-bond donors (Lipinski definition) is 0. The Labute approximate surface area is 143 Å². The number of fused-ring (bicyclic) bond motifs is 1. The van der Waals surface area contributed by atoms with Gasteiger partial charge in [-0.2, -0.15) is 21.6 Å². The van der Waals surface area contributed by atoms with Crippen LogP contribution in [0.5, 0.6) is 11.5 Å². The Hall–Kier alpha value is -2.22. The molecule has 0 spiro atoms. The third kappa shape index (κ3) is 3.44. The molecule has 4 nitrogen and oxygen atoms in total. The van der Waals surface area contributed by atoms with Gasteiger partial charge in [-0.05, 0) is 32.0 Å². The first-order chi connectivity index (χ1) is 11.5. The van der Waals surface area contributed by atoms with Gasteiger partial charge in [0.1, 0.15) is 10.5 Å². The van der Waals surface area contributed by atoms with E-state index in [1.807, 2.05) is 13.8 Å². The molecule has 1 aliphatic rings. The number of ether oxygens (including phenoxy) is 1. The Kier molecular flexibility index (Phi) is 3.98. The first-order valence-corrected chi connectivity index (χ1v) is 8.82. The van der Waals surface area contributed by atoms with Crippen molar-refractivity contribution in [2.75, 3.05) is 0 Å². The minimum absolute atomic E-state index is 0.125. The van der Waals surface area contributed by atoms with Gasteiger partial charge in [0.2, 0.25) is 0 Å². The van der Waals surface area contributed by atoms with E-state index in [2.05, 4.69) is 0 Å². The molecule has 0 unspecified atom stereocenters. The van der Waals surface area contributed by atoms with Crippen LogP contribution in [-0.2, 0) is 22.7 Å². The normalized spacial score (nSPS) is 16.2. The van der Waals surface area contributed by atoms with Crippen molar-refractivity contribution in [3.63, 3.8) is 0 Å². The number of halogens is 3. The van der Waals surface area contributed by atoms with Crippen LogP contribution in [0.1, 0.15) is 25.0 Å². The van der Waals surface area contributed by atoms with Crippen molar-refractivity contribution in [1.82, 2.24) is 0 Å². The fourth-order valence-electron chi connectivity index (χ4n) is 2.73. The molecule has 0 saturated carbocycles. The van der Waals surface area contributed by atoms with E-state index in [1.165, 1.54) is 12.1 Å². The maximum absolute atomic E-state index is 13.1. The summed E-state index contributed by atoms with van der Waals surface area (Å²) < 4.78 is 74.9. The van der Waals surface area contributed by atoms with Crippen LogP contribution >= 0.6 is 0 Å². The third-order valence-electron chi connectivity index (χ3n) is 3.72. The summed E-state index contributed by atoms with van der Waals surface area (Å²) in [7, 11) is -4.69. The van der Waals surface area contributed by atoms with Gasteiger partial charge in [-0.15, -0.1) is 0 Å². The maximum Gasteiger partial charge on any atom is 0.417 e. The van der Waals surface area contributed by atoms with Crippen molar-refractivity contribution < 1.29 is 30.5 Å². The van der Waals surface area contributed by atoms with Crippen LogP contribution in [-0.4, -0.2) is 14.0 Å². The predicted octanol–water partition coefficient (Wildman–Crippen LogP) is 4.19. The molecule has 2 aromatic rings. The Morgan fingerprint density at radius 2 is 1.76 bits per heavy atom. The van der Waals surface area contributed by atoms with E-state index in [4.69, 9.17) is 8.92 Å². The van der Waals surface area contributed by atoms with Gasteiger partial charge in [0.25, 0.3) is 0 Å². The molecule has 0 saturated heterocycles. The van der Waals surface area contributed by atoms with Crippen LogP contribution < -0.4 is 8.92 Å². The molecule has 8 heteroatoms. The van der Waals surface area contributed by atoms with Crippen molar-refractivity contribution in [3.8, 4) is 11.5 Å². The van der Waals surface area contributed by atoms with Crippen molar-refractivity contribution in [1.29, 1.82) is 0 Å². The Balaban J connectivity index is 2.02. The summed E-state index contributed by atoms with van der Waals surface area (Å²) in [5, 5.41) is 0. The smallest absolute Gasteiger partial charge is 0.417 e. The molecule has 1 heterocycles. The SMILES string of the molecule is CC1(C)Cc2cccc(OS(=O)(=O)c3ccccc3C(F)(F)F)c2O1. The average molecular weight is 372 g/mol. The number of rotatable bonds is 3. The van der Waals surface area contributed by atoms with Gasteiger partial charge < -0.3 is 8.92 Å². The molecule has 1 aliphatic heterocycles. The summed E-state index contributed by atoms with van der Waals surface area (Å²) >= 11 is 0. The standard InChI is InChI=1S/C17H15F3O4S/c1-16(2)10-11-6-5-8-13(15(11)23-16)24-25(21,22)14-9-4-3-7-12(14)17(18,19)20/h3-9H,10H2,1-2H3. The first-order valence-electron chi connectivity index (χ1n) is 7.41. The second-order valence-corrected chi connectivity index (χ2v) is 7.83. The van der Waals surface area contributed by atoms with E-state index >= 15 is 0 Å². The fraction of sp³-hybridized carbons (Fsp3) is 0.294. The van der Waals surface area contributed by atoms with Crippen LogP contribution in [0.15, 0.2) is 47.4 Å². The highest BCUT2D eigenvalue weighted by atomic mass is 32.2. The summed E-state index contributed by atoms with van der Waals surface area (Å²) in [6, 6.07) is 8.58. The van der Waals surface area contributed by atoms with Gasteiger partial charge >= 0.3 is 16.3 Å². The monoisotopic (exact) mass is 372 g/mol. The van der Waals surface area contributed by atoms with Crippen LogP contribution in [0.3, 0.4) is 0 Å². The second kappa shape index (κ2) is 5.66. The molecule has 0 fully saturated rings. The van der Waals surface area contributed by atoms with E-state index in [-0.39, 0.29) is 11.5 Å². The van der Waals surface area contributed by atoms with Gasteiger partial charge in [-0.1, -0.05) is 24.3 Å². The highest BCUT2D eigenvalue weighted by Crippen LogP contribution is 2.43. The summed E-state index contributed by atoms with van der Waals surface area (Å²) in [5.41, 5.74) is -1.08. The van der Waals surface area contributed by atoms with Crippen LogP contribution in [0.4, 0.5) is 13.2 Å². The van der Waals surface area contributed by atoms with Crippen molar-refractivity contribution in [2.24, 2.45) is 0 Å². The molecular weight excluding hydrogens is 357 g/mol. The largest absolute Gasteiger partial charge is 0.483 e. The van der Waals surface area contributed by atoms with E-state index in [1.54, 1.807) is 12.1 Å². The molecule has 2 aromatic carbocycles. The van der Waals surface area contributed by atoms with E-state index < -0.39 is 32.4 Å². The molecule has 0 bridgehead atoms. The summed E-state index contributed by atoms with van der Waals surface area (Å²) in [4.78, 5) is -0.933. The summed E-state index contributed by atoms with van der Waals surface area (Å²) in [6.45, 7) is 3.65. The summed E-state index contributed by atoms with van der Waals surface area (Å²) in [6.07, 6.45) is -4.27. The topological polar surface area (TPSA) is 52.6 Å². The van der Waals surface area contributed by atoms with E-state index in [9.17, 15) is 21.6 Å².